The summed E-state index contributed by atoms with van der Waals surface area (Å²) >= 11 is 4.04. The number of thiol groups is 1. The number of nitriles is 1. The summed E-state index contributed by atoms with van der Waals surface area (Å²) in [6.45, 7) is 1.43. The van der Waals surface area contributed by atoms with Crippen molar-refractivity contribution >= 4 is 23.6 Å². The smallest absolute Gasteiger partial charge is 0.246 e. The quantitative estimate of drug-likeness (QED) is 0.643. The fourth-order valence-corrected chi connectivity index (χ4v) is 1.74. The molecule has 1 heterocycles. The van der Waals surface area contributed by atoms with E-state index in [0.717, 1.165) is 5.39 Å². The van der Waals surface area contributed by atoms with Gasteiger partial charge < -0.3 is 13.9 Å². The van der Waals surface area contributed by atoms with Crippen molar-refractivity contribution in [1.29, 1.82) is 5.26 Å². The van der Waals surface area contributed by atoms with E-state index >= 15 is 0 Å². The normalized spacial score (nSPS) is 10.4. The monoisotopic (exact) mass is 263 g/mol. The van der Waals surface area contributed by atoms with Crippen molar-refractivity contribution in [3.63, 3.8) is 0 Å². The molecule has 0 aliphatic carbocycles. The number of nitrogens with zero attached hydrogens (tertiary/aromatic N) is 1. The lowest BCUT2D eigenvalue weighted by molar-refractivity contribution is 0.112. The van der Waals surface area contributed by atoms with Crippen LogP contribution in [0.25, 0.3) is 11.0 Å². The van der Waals surface area contributed by atoms with Crippen molar-refractivity contribution in [1.82, 2.24) is 0 Å². The van der Waals surface area contributed by atoms with E-state index in [4.69, 9.17) is 19.2 Å². The van der Waals surface area contributed by atoms with E-state index < -0.39 is 0 Å². The van der Waals surface area contributed by atoms with Gasteiger partial charge in [-0.2, -0.15) is 17.9 Å². The zero-order chi connectivity index (χ0) is 12.8. The molecule has 0 unspecified atom stereocenters. The highest BCUT2D eigenvalue weighted by Crippen LogP contribution is 2.32. The molecule has 0 aliphatic heterocycles. The highest BCUT2D eigenvalue weighted by molar-refractivity contribution is 7.80. The topological polar surface area (TPSA) is 55.4 Å². The third kappa shape index (κ3) is 2.78. The molecule has 94 valence electrons. The average Bonchev–Trinajstić information content (AvgIpc) is 2.77. The number of hydrogen-bond donors (Lipinski definition) is 1. The summed E-state index contributed by atoms with van der Waals surface area (Å²) in [4.78, 5) is 0. The maximum atomic E-state index is 9.00. The molecule has 0 aliphatic rings. The summed E-state index contributed by atoms with van der Waals surface area (Å²) in [6.07, 6.45) is 0. The summed E-state index contributed by atoms with van der Waals surface area (Å²) in [6, 6.07) is 9.40. The van der Waals surface area contributed by atoms with Crippen LogP contribution in [0.4, 0.5) is 0 Å². The van der Waals surface area contributed by atoms with Crippen LogP contribution in [0.3, 0.4) is 0 Å². The molecule has 0 N–H and O–H groups in total. The van der Waals surface area contributed by atoms with Gasteiger partial charge in [0.1, 0.15) is 18.3 Å². The first kappa shape index (κ1) is 12.8. The highest BCUT2D eigenvalue weighted by Gasteiger charge is 2.14. The number of fused-ring (bicyclic) bond motifs is 1. The zero-order valence-corrected chi connectivity index (χ0v) is 10.7. The third-order valence-corrected chi connectivity index (χ3v) is 2.54. The maximum absolute atomic E-state index is 9.00. The van der Waals surface area contributed by atoms with Crippen LogP contribution in [0.2, 0.25) is 0 Å². The number of furan rings is 1. The second kappa shape index (κ2) is 6.34. The number of ether oxygens (including phenoxy) is 2. The Kier molecular flexibility index (Phi) is 4.51. The molecule has 4 nitrogen and oxygen atoms in total. The molecule has 1 aromatic heterocycles. The second-order valence-corrected chi connectivity index (χ2v) is 4.00. The number of para-hydroxylation sites is 1. The van der Waals surface area contributed by atoms with Crippen molar-refractivity contribution < 1.29 is 13.9 Å². The first-order chi connectivity index (χ1) is 8.86. The molecule has 0 amide bonds. The summed E-state index contributed by atoms with van der Waals surface area (Å²) in [7, 11) is 0. The second-order valence-electron chi connectivity index (χ2n) is 3.55. The Hall–Kier alpha value is -1.64. The molecular formula is C13H13NO3S. The van der Waals surface area contributed by atoms with Crippen LogP contribution in [0.15, 0.2) is 28.7 Å². The average molecular weight is 263 g/mol. The van der Waals surface area contributed by atoms with Crippen LogP contribution in [0, 0.1) is 11.3 Å². The Morgan fingerprint density at radius 3 is 2.83 bits per heavy atom. The number of benzene rings is 1. The number of hydrogen-bond acceptors (Lipinski definition) is 5. The molecular weight excluding hydrogens is 250 g/mol. The Morgan fingerprint density at radius 1 is 1.22 bits per heavy atom. The predicted molar refractivity (Wildman–Crippen MR) is 71.1 cm³/mol. The van der Waals surface area contributed by atoms with Crippen LogP contribution < -0.4 is 4.74 Å². The Morgan fingerprint density at radius 2 is 2.06 bits per heavy atom. The Labute approximate surface area is 111 Å². The molecule has 0 radical (unpaired) electrons. The van der Waals surface area contributed by atoms with Gasteiger partial charge in [0.05, 0.1) is 18.6 Å². The van der Waals surface area contributed by atoms with E-state index in [1.54, 1.807) is 6.07 Å². The molecule has 2 aromatic rings. The highest BCUT2D eigenvalue weighted by atomic mass is 32.1. The minimum atomic E-state index is 0.199. The van der Waals surface area contributed by atoms with E-state index in [0.29, 0.717) is 36.9 Å². The van der Waals surface area contributed by atoms with Crippen LogP contribution in [0.1, 0.15) is 5.76 Å². The van der Waals surface area contributed by atoms with Crippen molar-refractivity contribution in [3.05, 3.63) is 30.0 Å². The minimum absolute atomic E-state index is 0.199. The molecule has 0 bridgehead atoms. The SMILES string of the molecule is N#Cc1oc2ccccc2c1OCCOCCS. The molecule has 5 heteroatoms. The van der Waals surface area contributed by atoms with Gasteiger partial charge in [-0.05, 0) is 12.1 Å². The van der Waals surface area contributed by atoms with E-state index in [1.807, 2.05) is 24.3 Å². The molecule has 0 saturated heterocycles. The molecule has 2 rings (SSSR count). The van der Waals surface area contributed by atoms with Gasteiger partial charge in [-0.3, -0.25) is 0 Å². The molecule has 18 heavy (non-hydrogen) atoms. The lowest BCUT2D eigenvalue weighted by Crippen LogP contribution is -2.08. The summed E-state index contributed by atoms with van der Waals surface area (Å²) in [5.74, 6) is 1.37. The van der Waals surface area contributed by atoms with E-state index in [9.17, 15) is 0 Å². The lowest BCUT2D eigenvalue weighted by Gasteiger charge is -2.04. The van der Waals surface area contributed by atoms with E-state index in [1.165, 1.54) is 0 Å². The van der Waals surface area contributed by atoms with Gasteiger partial charge in [-0.25, -0.2) is 0 Å². The number of rotatable bonds is 6. The summed E-state index contributed by atoms with van der Waals surface area (Å²) in [5.41, 5.74) is 0.653. The Bertz CT molecular complexity index is 559. The third-order valence-electron chi connectivity index (χ3n) is 2.36. The first-order valence-electron chi connectivity index (χ1n) is 5.60. The van der Waals surface area contributed by atoms with Gasteiger partial charge in [0.2, 0.25) is 5.76 Å². The van der Waals surface area contributed by atoms with Gasteiger partial charge in [-0.15, -0.1) is 0 Å². The summed E-state index contributed by atoms with van der Waals surface area (Å²) < 4.78 is 16.2. The van der Waals surface area contributed by atoms with Crippen molar-refractivity contribution in [2.75, 3.05) is 25.6 Å². The maximum Gasteiger partial charge on any atom is 0.246 e. The molecule has 0 spiro atoms. The van der Waals surface area contributed by atoms with E-state index in [2.05, 4.69) is 12.6 Å². The van der Waals surface area contributed by atoms with E-state index in [-0.39, 0.29) is 5.76 Å². The van der Waals surface area contributed by atoms with Gasteiger partial charge in [0.15, 0.2) is 5.75 Å². The Balaban J connectivity index is 2.09. The van der Waals surface area contributed by atoms with Crippen LogP contribution in [0.5, 0.6) is 5.75 Å². The van der Waals surface area contributed by atoms with Gasteiger partial charge in [0, 0.05) is 5.75 Å². The predicted octanol–water partition coefficient (Wildman–Crippen LogP) is 2.63. The fraction of sp³-hybridized carbons (Fsp3) is 0.308. The molecule has 0 fully saturated rings. The van der Waals surface area contributed by atoms with Gasteiger partial charge in [0.25, 0.3) is 0 Å². The fourth-order valence-electron chi connectivity index (χ4n) is 1.61. The standard InChI is InChI=1S/C13H13NO3S/c14-9-12-13(16-6-5-15-7-8-18)10-3-1-2-4-11(10)17-12/h1-4,18H,5-8H2. The molecule has 1 aromatic carbocycles. The van der Waals surface area contributed by atoms with Crippen molar-refractivity contribution in [3.8, 4) is 11.8 Å². The van der Waals surface area contributed by atoms with Crippen LogP contribution in [-0.4, -0.2) is 25.6 Å². The van der Waals surface area contributed by atoms with Crippen LogP contribution in [-0.2, 0) is 4.74 Å². The molecule has 0 atom stereocenters. The summed E-state index contributed by atoms with van der Waals surface area (Å²) in [5, 5.41) is 9.80. The largest absolute Gasteiger partial charge is 0.486 e. The van der Waals surface area contributed by atoms with Crippen LogP contribution >= 0.6 is 12.6 Å². The van der Waals surface area contributed by atoms with Gasteiger partial charge in [-0.1, -0.05) is 12.1 Å². The first-order valence-corrected chi connectivity index (χ1v) is 6.23. The minimum Gasteiger partial charge on any atom is -0.486 e. The zero-order valence-electron chi connectivity index (χ0n) is 9.76. The van der Waals surface area contributed by atoms with Crippen molar-refractivity contribution in [2.24, 2.45) is 0 Å². The van der Waals surface area contributed by atoms with Crippen molar-refractivity contribution in [2.45, 2.75) is 0 Å². The lowest BCUT2D eigenvalue weighted by atomic mass is 10.2. The van der Waals surface area contributed by atoms with Gasteiger partial charge >= 0.3 is 0 Å². The molecule has 0 saturated carbocycles.